The van der Waals surface area contributed by atoms with Gasteiger partial charge in [-0.2, -0.15) is 0 Å². The molecule has 27 heavy (non-hydrogen) atoms. The van der Waals surface area contributed by atoms with Crippen LogP contribution >= 0.6 is 27.3 Å². The molecule has 0 radical (unpaired) electrons. The molecule has 5 nitrogen and oxygen atoms in total. The van der Waals surface area contributed by atoms with E-state index < -0.39 is 0 Å². The summed E-state index contributed by atoms with van der Waals surface area (Å²) in [6, 6.07) is 4.50. The predicted molar refractivity (Wildman–Crippen MR) is 106 cm³/mol. The second kappa shape index (κ2) is 7.31. The number of halogens is 2. The number of carbonyl (C=O) groups is 1. The van der Waals surface area contributed by atoms with Crippen molar-refractivity contribution < 1.29 is 13.7 Å². The van der Waals surface area contributed by atoms with Gasteiger partial charge in [-0.15, -0.1) is 11.3 Å². The van der Waals surface area contributed by atoms with Crippen molar-refractivity contribution in [2.24, 2.45) is 0 Å². The summed E-state index contributed by atoms with van der Waals surface area (Å²) in [6.45, 7) is 5.43. The van der Waals surface area contributed by atoms with Crippen LogP contribution in [-0.2, 0) is 0 Å². The van der Waals surface area contributed by atoms with Gasteiger partial charge in [-0.3, -0.25) is 4.79 Å². The number of likely N-dealkylation sites (tertiary alicyclic amines) is 1. The third-order valence-electron chi connectivity index (χ3n) is 4.99. The fourth-order valence-electron chi connectivity index (χ4n) is 3.58. The molecular weight excluding hydrogens is 433 g/mol. The van der Waals surface area contributed by atoms with Crippen LogP contribution in [0, 0.1) is 5.82 Å². The Morgan fingerprint density at radius 2 is 2.11 bits per heavy atom. The third-order valence-corrected chi connectivity index (χ3v) is 6.79. The van der Waals surface area contributed by atoms with Crippen LogP contribution in [0.2, 0.25) is 0 Å². The smallest absolute Gasteiger partial charge is 0.273 e. The summed E-state index contributed by atoms with van der Waals surface area (Å²) in [4.78, 5) is 20.2. The predicted octanol–water partition coefficient (Wildman–Crippen LogP) is 5.33. The van der Waals surface area contributed by atoms with Gasteiger partial charge in [-0.1, -0.05) is 19.0 Å². The Hall–Kier alpha value is -1.80. The van der Waals surface area contributed by atoms with E-state index in [4.69, 9.17) is 4.52 Å². The highest BCUT2D eigenvalue weighted by molar-refractivity contribution is 9.11. The van der Waals surface area contributed by atoms with Gasteiger partial charge >= 0.3 is 0 Å². The monoisotopic (exact) mass is 451 g/mol. The lowest BCUT2D eigenvalue weighted by Crippen LogP contribution is -2.38. The van der Waals surface area contributed by atoms with E-state index in [0.29, 0.717) is 24.4 Å². The normalized spacial score (nSPS) is 15.8. The Labute approximate surface area is 168 Å². The van der Waals surface area contributed by atoms with Crippen LogP contribution in [0.15, 0.2) is 26.6 Å². The number of amides is 1. The van der Waals surface area contributed by atoms with Crippen LogP contribution in [0.3, 0.4) is 0 Å². The van der Waals surface area contributed by atoms with Crippen molar-refractivity contribution in [2.45, 2.75) is 38.5 Å². The summed E-state index contributed by atoms with van der Waals surface area (Å²) in [5.41, 5.74) is 1.89. The fourth-order valence-corrected chi connectivity index (χ4v) is 5.06. The average molecular weight is 452 g/mol. The Morgan fingerprint density at radius 1 is 1.37 bits per heavy atom. The molecule has 2 aromatic heterocycles. The highest BCUT2D eigenvalue weighted by atomic mass is 79.9. The number of hydrogen-bond acceptors (Lipinski definition) is 5. The SMILES string of the molecule is CC(C)c1sc(Br)nc1C(=O)N1CCC(c2noc3cc(F)ccc23)CC1. The number of thiazole rings is 1. The first-order valence-corrected chi connectivity index (χ1v) is 10.5. The molecular formula is C19H19BrFN3O2S. The van der Waals surface area contributed by atoms with E-state index in [1.165, 1.54) is 23.5 Å². The molecule has 1 saturated heterocycles. The third kappa shape index (κ3) is 3.52. The van der Waals surface area contributed by atoms with Crippen molar-refractivity contribution in [1.82, 2.24) is 15.0 Å². The summed E-state index contributed by atoms with van der Waals surface area (Å²) in [5, 5.41) is 5.02. The first-order chi connectivity index (χ1) is 12.9. The molecule has 3 aromatic rings. The Morgan fingerprint density at radius 3 is 2.81 bits per heavy atom. The molecule has 1 fully saturated rings. The van der Waals surface area contributed by atoms with Crippen LogP contribution in [0.4, 0.5) is 4.39 Å². The molecule has 0 spiro atoms. The maximum atomic E-state index is 13.3. The maximum Gasteiger partial charge on any atom is 0.273 e. The number of benzene rings is 1. The summed E-state index contributed by atoms with van der Waals surface area (Å²) < 4.78 is 19.4. The molecule has 4 rings (SSSR count). The minimum atomic E-state index is -0.332. The number of hydrogen-bond donors (Lipinski definition) is 0. The number of aromatic nitrogens is 2. The first-order valence-electron chi connectivity index (χ1n) is 8.94. The lowest BCUT2D eigenvalue weighted by molar-refractivity contribution is 0.0705. The van der Waals surface area contributed by atoms with E-state index in [0.717, 1.165) is 32.7 Å². The Balaban J connectivity index is 1.49. The zero-order valence-corrected chi connectivity index (χ0v) is 17.4. The lowest BCUT2D eigenvalue weighted by atomic mass is 9.91. The fraction of sp³-hybridized carbons (Fsp3) is 0.421. The highest BCUT2D eigenvalue weighted by Gasteiger charge is 2.30. The van der Waals surface area contributed by atoms with E-state index in [2.05, 4.69) is 39.9 Å². The lowest BCUT2D eigenvalue weighted by Gasteiger charge is -2.31. The van der Waals surface area contributed by atoms with Gasteiger partial charge in [0.25, 0.3) is 5.91 Å². The standard InChI is InChI=1S/C19H19BrFN3O2S/c1-10(2)17-16(22-19(20)27-17)18(25)24-7-5-11(6-8-24)15-13-4-3-12(21)9-14(13)26-23-15/h3-4,9-11H,5-8H2,1-2H3. The van der Waals surface area contributed by atoms with E-state index >= 15 is 0 Å². The van der Waals surface area contributed by atoms with E-state index in [9.17, 15) is 9.18 Å². The zero-order chi connectivity index (χ0) is 19.1. The summed E-state index contributed by atoms with van der Waals surface area (Å²) in [6.07, 6.45) is 1.60. The van der Waals surface area contributed by atoms with Gasteiger partial charge in [0.2, 0.25) is 0 Å². The maximum absolute atomic E-state index is 13.3. The zero-order valence-electron chi connectivity index (χ0n) is 15.0. The van der Waals surface area contributed by atoms with Crippen molar-refractivity contribution in [3.63, 3.8) is 0 Å². The highest BCUT2D eigenvalue weighted by Crippen LogP contribution is 2.35. The van der Waals surface area contributed by atoms with Crippen molar-refractivity contribution in [3.05, 3.63) is 44.2 Å². The molecule has 142 valence electrons. The largest absolute Gasteiger partial charge is 0.356 e. The van der Waals surface area contributed by atoms with E-state index in [1.54, 1.807) is 6.07 Å². The Bertz CT molecular complexity index is 992. The van der Waals surface area contributed by atoms with Crippen LogP contribution < -0.4 is 0 Å². The Kier molecular flexibility index (Phi) is 5.03. The molecule has 1 aromatic carbocycles. The average Bonchev–Trinajstić information content (AvgIpc) is 3.24. The van der Waals surface area contributed by atoms with E-state index in [1.807, 2.05) is 4.90 Å². The van der Waals surface area contributed by atoms with Gasteiger partial charge in [0.05, 0.1) is 5.69 Å². The topological polar surface area (TPSA) is 59.2 Å². The minimum Gasteiger partial charge on any atom is -0.356 e. The molecule has 0 N–H and O–H groups in total. The van der Waals surface area contributed by atoms with E-state index in [-0.39, 0.29) is 23.6 Å². The van der Waals surface area contributed by atoms with Crippen LogP contribution in [-0.4, -0.2) is 34.0 Å². The number of carbonyl (C=O) groups excluding carboxylic acids is 1. The molecule has 1 aliphatic rings. The van der Waals surface area contributed by atoms with Gasteiger partial charge in [-0.05, 0) is 46.8 Å². The number of piperidine rings is 1. The molecule has 0 atom stereocenters. The summed E-state index contributed by atoms with van der Waals surface area (Å²) in [7, 11) is 0. The van der Waals surface area contributed by atoms with Crippen molar-refractivity contribution in [3.8, 4) is 0 Å². The van der Waals surface area contributed by atoms with Gasteiger partial charge in [0, 0.05) is 35.3 Å². The van der Waals surface area contributed by atoms with Crippen LogP contribution in [0.5, 0.6) is 0 Å². The van der Waals surface area contributed by atoms with Gasteiger partial charge in [0.1, 0.15) is 11.5 Å². The molecule has 0 bridgehead atoms. The van der Waals surface area contributed by atoms with Crippen molar-refractivity contribution >= 4 is 44.1 Å². The quantitative estimate of drug-likeness (QED) is 0.539. The summed E-state index contributed by atoms with van der Waals surface area (Å²) >= 11 is 4.92. The van der Waals surface area contributed by atoms with Gasteiger partial charge in [-0.25, -0.2) is 9.37 Å². The molecule has 0 aliphatic carbocycles. The molecule has 0 saturated carbocycles. The minimum absolute atomic E-state index is 0.00816. The number of rotatable bonds is 3. The second-order valence-corrected chi connectivity index (χ2v) is 9.42. The molecule has 1 amide bonds. The van der Waals surface area contributed by atoms with Crippen LogP contribution in [0.25, 0.3) is 11.0 Å². The van der Waals surface area contributed by atoms with Crippen molar-refractivity contribution in [2.75, 3.05) is 13.1 Å². The molecule has 1 aliphatic heterocycles. The molecule has 8 heteroatoms. The first kappa shape index (κ1) is 18.6. The second-order valence-electron chi connectivity index (χ2n) is 7.11. The molecule has 3 heterocycles. The number of fused-ring (bicyclic) bond motifs is 1. The van der Waals surface area contributed by atoms with Gasteiger partial charge < -0.3 is 9.42 Å². The summed E-state index contributed by atoms with van der Waals surface area (Å²) in [5.74, 6) is 0.117. The van der Waals surface area contributed by atoms with Crippen LogP contribution in [0.1, 0.15) is 59.6 Å². The van der Waals surface area contributed by atoms with Crippen molar-refractivity contribution in [1.29, 1.82) is 0 Å². The van der Waals surface area contributed by atoms with Gasteiger partial charge in [0.15, 0.2) is 9.50 Å². The number of nitrogens with zero attached hydrogens (tertiary/aromatic N) is 3. The molecule has 0 unspecified atom stereocenters.